The number of rotatable bonds is 2. The van der Waals surface area contributed by atoms with Gasteiger partial charge in [-0.1, -0.05) is 4.98 Å². The van der Waals surface area contributed by atoms with Crippen LogP contribution in [-0.4, -0.2) is 24.4 Å². The summed E-state index contributed by atoms with van der Waals surface area (Å²) in [5, 5.41) is 10.9. The molecule has 2 aromatic rings. The van der Waals surface area contributed by atoms with E-state index in [1.165, 1.54) is 4.57 Å². The fraction of sp³-hybridized carbons (Fsp3) is 0.444. The molecule has 0 saturated carbocycles. The third-order valence-corrected chi connectivity index (χ3v) is 2.33. The molecule has 8 nitrogen and oxygen atoms in total. The first kappa shape index (κ1) is 11.2. The second-order valence-corrected chi connectivity index (χ2v) is 3.96. The molecular weight excluding hydrogens is 226 g/mol. The number of imidazole rings is 1. The third-order valence-electron chi connectivity index (χ3n) is 2.33. The number of nitro groups is 1. The number of fused-ring (bicyclic) bond motifs is 1. The summed E-state index contributed by atoms with van der Waals surface area (Å²) in [5.74, 6) is 0.0396. The topological polar surface area (TPSA) is 107 Å². The summed E-state index contributed by atoms with van der Waals surface area (Å²) in [7, 11) is 0. The van der Waals surface area contributed by atoms with Gasteiger partial charge in [-0.3, -0.25) is 4.79 Å². The van der Waals surface area contributed by atoms with Crippen LogP contribution < -0.4 is 5.56 Å². The van der Waals surface area contributed by atoms with Crippen LogP contribution in [-0.2, 0) is 0 Å². The predicted octanol–water partition coefficient (Wildman–Crippen LogP) is 0.917. The van der Waals surface area contributed by atoms with Gasteiger partial charge >= 0.3 is 5.95 Å². The van der Waals surface area contributed by atoms with Crippen LogP contribution in [0, 0.1) is 17.0 Å². The minimum Gasteiger partial charge on any atom is -0.390 e. The van der Waals surface area contributed by atoms with Gasteiger partial charge < -0.3 is 15.1 Å². The molecule has 0 radical (unpaired) electrons. The van der Waals surface area contributed by atoms with Gasteiger partial charge in [-0.05, 0) is 25.7 Å². The Kier molecular flexibility index (Phi) is 2.41. The zero-order chi connectivity index (χ0) is 12.7. The van der Waals surface area contributed by atoms with E-state index in [2.05, 4.69) is 15.0 Å². The molecular formula is C9H11N5O3. The molecule has 8 heteroatoms. The summed E-state index contributed by atoms with van der Waals surface area (Å²) in [4.78, 5) is 32.2. The Balaban J connectivity index is 2.95. The van der Waals surface area contributed by atoms with Crippen molar-refractivity contribution >= 4 is 17.1 Å². The number of nitrogens with zero attached hydrogens (tertiary/aromatic N) is 4. The van der Waals surface area contributed by atoms with E-state index >= 15 is 0 Å². The molecule has 0 unspecified atom stereocenters. The summed E-state index contributed by atoms with van der Waals surface area (Å²) in [5.41, 5.74) is -0.223. The van der Waals surface area contributed by atoms with Gasteiger partial charge in [0.25, 0.3) is 11.1 Å². The van der Waals surface area contributed by atoms with Crippen molar-refractivity contribution in [1.82, 2.24) is 19.5 Å². The number of H-pyrrole nitrogens is 1. The van der Waals surface area contributed by atoms with Crippen molar-refractivity contribution in [1.29, 1.82) is 0 Å². The standard InChI is InChI=1S/C9H11N5O3/c1-4(2)13-7-6(12-9(13)14(16)17)8(15)11-5(3)10-7/h4H,1-3H3,(H,10,11,15). The molecule has 0 bridgehead atoms. The molecule has 17 heavy (non-hydrogen) atoms. The first-order chi connectivity index (χ1) is 7.91. The Morgan fingerprint density at radius 3 is 2.59 bits per heavy atom. The fourth-order valence-electron chi connectivity index (χ4n) is 1.69. The molecule has 1 N–H and O–H groups in total. The minimum atomic E-state index is -0.615. The molecule has 0 amide bonds. The maximum absolute atomic E-state index is 11.6. The lowest BCUT2D eigenvalue weighted by molar-refractivity contribution is -0.396. The first-order valence-corrected chi connectivity index (χ1v) is 5.05. The van der Waals surface area contributed by atoms with Crippen LogP contribution in [0.15, 0.2) is 4.79 Å². The van der Waals surface area contributed by atoms with Gasteiger partial charge in [0.05, 0.1) is 6.04 Å². The summed E-state index contributed by atoms with van der Waals surface area (Å²) in [6, 6.07) is -0.200. The number of hydrogen-bond acceptors (Lipinski definition) is 5. The summed E-state index contributed by atoms with van der Waals surface area (Å²) >= 11 is 0. The maximum Gasteiger partial charge on any atom is 0.437 e. The van der Waals surface area contributed by atoms with E-state index in [0.717, 1.165) is 0 Å². The third kappa shape index (κ3) is 1.67. The summed E-state index contributed by atoms with van der Waals surface area (Å²) in [6.45, 7) is 5.16. The highest BCUT2D eigenvalue weighted by molar-refractivity contribution is 5.72. The molecule has 0 saturated heterocycles. The van der Waals surface area contributed by atoms with Gasteiger partial charge in [0.1, 0.15) is 5.82 Å². The Morgan fingerprint density at radius 2 is 2.06 bits per heavy atom. The van der Waals surface area contributed by atoms with Crippen molar-refractivity contribution < 1.29 is 4.92 Å². The van der Waals surface area contributed by atoms with Gasteiger partial charge in [-0.15, -0.1) is 0 Å². The van der Waals surface area contributed by atoms with Crippen molar-refractivity contribution in [3.8, 4) is 0 Å². The number of aromatic amines is 1. The van der Waals surface area contributed by atoms with E-state index in [4.69, 9.17) is 0 Å². The molecule has 0 spiro atoms. The van der Waals surface area contributed by atoms with Crippen molar-refractivity contribution in [3.63, 3.8) is 0 Å². The highest BCUT2D eigenvalue weighted by Crippen LogP contribution is 2.22. The molecule has 2 aromatic heterocycles. The van der Waals surface area contributed by atoms with Crippen LogP contribution in [0.1, 0.15) is 25.7 Å². The molecule has 90 valence electrons. The number of aromatic nitrogens is 4. The Morgan fingerprint density at radius 1 is 1.41 bits per heavy atom. The van der Waals surface area contributed by atoms with Crippen LogP contribution in [0.3, 0.4) is 0 Å². The quantitative estimate of drug-likeness (QED) is 0.617. The number of aryl methyl sites for hydroxylation is 1. The highest BCUT2D eigenvalue weighted by atomic mass is 16.6. The van der Waals surface area contributed by atoms with Gasteiger partial charge in [0.2, 0.25) is 5.65 Å². The van der Waals surface area contributed by atoms with Crippen LogP contribution >= 0.6 is 0 Å². The van der Waals surface area contributed by atoms with Crippen molar-refractivity contribution in [2.45, 2.75) is 26.8 Å². The summed E-state index contributed by atoms with van der Waals surface area (Å²) in [6.07, 6.45) is 0. The number of nitrogens with one attached hydrogen (secondary N) is 1. The monoisotopic (exact) mass is 237 g/mol. The van der Waals surface area contributed by atoms with Crippen LogP contribution in [0.25, 0.3) is 11.2 Å². The average Bonchev–Trinajstić information content (AvgIpc) is 2.56. The van der Waals surface area contributed by atoms with E-state index in [9.17, 15) is 14.9 Å². The summed E-state index contributed by atoms with van der Waals surface area (Å²) < 4.78 is 1.34. The zero-order valence-electron chi connectivity index (χ0n) is 9.59. The van der Waals surface area contributed by atoms with E-state index in [1.807, 2.05) is 0 Å². The molecule has 2 rings (SSSR count). The lowest BCUT2D eigenvalue weighted by Gasteiger charge is -2.04. The first-order valence-electron chi connectivity index (χ1n) is 5.05. The van der Waals surface area contributed by atoms with E-state index in [-0.39, 0.29) is 23.2 Å². The smallest absolute Gasteiger partial charge is 0.390 e. The normalized spacial score (nSPS) is 11.3. The van der Waals surface area contributed by atoms with Crippen LogP contribution in [0.2, 0.25) is 0 Å². The van der Waals surface area contributed by atoms with Crippen molar-refractivity contribution in [2.75, 3.05) is 0 Å². The average molecular weight is 237 g/mol. The molecule has 0 aliphatic rings. The van der Waals surface area contributed by atoms with Crippen molar-refractivity contribution in [2.24, 2.45) is 0 Å². The second-order valence-electron chi connectivity index (χ2n) is 3.96. The van der Waals surface area contributed by atoms with Gasteiger partial charge in [0, 0.05) is 0 Å². The largest absolute Gasteiger partial charge is 0.437 e. The van der Waals surface area contributed by atoms with E-state index in [1.54, 1.807) is 20.8 Å². The molecule has 0 atom stereocenters. The van der Waals surface area contributed by atoms with Crippen molar-refractivity contribution in [3.05, 3.63) is 26.3 Å². The van der Waals surface area contributed by atoms with E-state index < -0.39 is 10.5 Å². The van der Waals surface area contributed by atoms with Crippen LogP contribution in [0.5, 0.6) is 0 Å². The Hall–Kier alpha value is -2.25. The van der Waals surface area contributed by atoms with E-state index in [0.29, 0.717) is 5.82 Å². The molecule has 0 aliphatic carbocycles. The lowest BCUT2D eigenvalue weighted by atomic mass is 10.4. The molecule has 0 aliphatic heterocycles. The number of hydrogen-bond donors (Lipinski definition) is 1. The molecule has 0 aromatic carbocycles. The Bertz CT molecular complexity index is 654. The van der Waals surface area contributed by atoms with Gasteiger partial charge in [0.15, 0.2) is 0 Å². The minimum absolute atomic E-state index is 0.00370. The zero-order valence-corrected chi connectivity index (χ0v) is 9.59. The lowest BCUT2D eigenvalue weighted by Crippen LogP contribution is -2.11. The molecule has 0 fully saturated rings. The second kappa shape index (κ2) is 3.65. The maximum atomic E-state index is 11.6. The van der Waals surface area contributed by atoms with Gasteiger partial charge in [-0.25, -0.2) is 4.57 Å². The molecule has 2 heterocycles. The fourth-order valence-corrected chi connectivity index (χ4v) is 1.69. The predicted molar refractivity (Wildman–Crippen MR) is 59.9 cm³/mol. The SMILES string of the molecule is Cc1nc2c(nc([N+](=O)[O-])n2C(C)C)c(=O)[nH]1. The van der Waals surface area contributed by atoms with Crippen LogP contribution in [0.4, 0.5) is 5.95 Å². The highest BCUT2D eigenvalue weighted by Gasteiger charge is 2.27. The van der Waals surface area contributed by atoms with Gasteiger partial charge in [-0.2, -0.15) is 4.98 Å². The Labute approximate surface area is 95.5 Å².